The molecule has 0 aromatic heterocycles. The number of hydrogen-bond acceptors (Lipinski definition) is 6. The quantitative estimate of drug-likeness (QED) is 0.593. The minimum Gasteiger partial charge on any atom is -0.489 e. The van der Waals surface area contributed by atoms with Gasteiger partial charge in [-0.05, 0) is 37.1 Å². The number of carbonyl (C=O) groups excluding carboxylic acids is 1. The van der Waals surface area contributed by atoms with Crippen LogP contribution in [0.25, 0.3) is 0 Å². The third-order valence-electron chi connectivity index (χ3n) is 7.04. The molecule has 0 amide bonds. The van der Waals surface area contributed by atoms with Gasteiger partial charge in [0.15, 0.2) is 0 Å². The number of likely N-dealkylation sites (tertiary alicyclic amines) is 1. The van der Waals surface area contributed by atoms with E-state index in [9.17, 15) is 9.18 Å². The minimum absolute atomic E-state index is 0.141. The molecular formula is C25H28FN3O3. The Kier molecular flexibility index (Phi) is 5.69. The van der Waals surface area contributed by atoms with Crippen molar-refractivity contribution in [1.29, 1.82) is 0 Å². The lowest BCUT2D eigenvalue weighted by Crippen LogP contribution is -2.54. The molecule has 32 heavy (non-hydrogen) atoms. The summed E-state index contributed by atoms with van der Waals surface area (Å²) in [7, 11) is 1.76. The molecule has 6 nitrogen and oxygen atoms in total. The number of rotatable bonds is 8. The molecule has 168 valence electrons. The number of nitrogens with zero attached hydrogens (tertiary/aromatic N) is 3. The van der Waals surface area contributed by atoms with Crippen LogP contribution in [0.5, 0.6) is 5.75 Å². The normalized spacial score (nSPS) is 24.9. The summed E-state index contributed by atoms with van der Waals surface area (Å²) in [6.07, 6.45) is 3.25. The molecule has 0 saturated carbocycles. The number of methoxy groups -OCH3 is 1. The Labute approximate surface area is 187 Å². The van der Waals surface area contributed by atoms with Gasteiger partial charge in [-0.2, -0.15) is 5.10 Å². The molecule has 3 aliphatic heterocycles. The zero-order valence-corrected chi connectivity index (χ0v) is 18.2. The molecule has 2 atom stereocenters. The Hall–Kier alpha value is -2.77. The molecule has 2 aromatic rings. The van der Waals surface area contributed by atoms with Crippen molar-refractivity contribution in [2.24, 2.45) is 5.10 Å². The summed E-state index contributed by atoms with van der Waals surface area (Å²) in [5, 5.41) is 6.80. The van der Waals surface area contributed by atoms with Crippen molar-refractivity contribution in [3.05, 3.63) is 59.9 Å². The topological polar surface area (TPSA) is 54.4 Å². The summed E-state index contributed by atoms with van der Waals surface area (Å²) in [5.41, 5.74) is 2.09. The lowest BCUT2D eigenvalue weighted by molar-refractivity contribution is -0.106. The Balaban J connectivity index is 1.50. The molecule has 1 saturated heterocycles. The largest absolute Gasteiger partial charge is 0.489 e. The van der Waals surface area contributed by atoms with Gasteiger partial charge in [-0.3, -0.25) is 9.91 Å². The first-order valence-electron chi connectivity index (χ1n) is 11.2. The summed E-state index contributed by atoms with van der Waals surface area (Å²) in [6, 6.07) is 14.6. The van der Waals surface area contributed by atoms with E-state index in [2.05, 4.69) is 17.0 Å². The van der Waals surface area contributed by atoms with Crippen LogP contribution in [0.1, 0.15) is 24.8 Å². The van der Waals surface area contributed by atoms with Crippen LogP contribution in [-0.4, -0.2) is 62.4 Å². The predicted octanol–water partition coefficient (Wildman–Crippen LogP) is 3.40. The monoisotopic (exact) mass is 437 g/mol. The summed E-state index contributed by atoms with van der Waals surface area (Å²) < 4.78 is 25.6. The Morgan fingerprint density at radius 1 is 1.25 bits per heavy atom. The smallest absolute Gasteiger partial charge is 0.144 e. The molecule has 0 N–H and O–H groups in total. The first kappa shape index (κ1) is 21.1. The van der Waals surface area contributed by atoms with Gasteiger partial charge in [0.25, 0.3) is 0 Å². The standard InChI is InChI=1S/C25H28FN3O3/c1-31-20-15-28(16-20)12-5-11-25(18-6-3-2-4-7-18)23(10-13-30)27-29-21-14-19(26)8-9-22(21)32-17-24(25)29/h2-4,6-9,13-14,20,24H,5,10-12,15-17H2,1H3/t24?,25-/m1/s1. The fourth-order valence-electron chi connectivity index (χ4n) is 5.37. The average molecular weight is 438 g/mol. The number of hydrogen-bond donors (Lipinski definition) is 0. The highest BCUT2D eigenvalue weighted by Gasteiger charge is 2.54. The molecule has 0 radical (unpaired) electrons. The second-order valence-corrected chi connectivity index (χ2v) is 8.76. The molecule has 5 rings (SSSR count). The zero-order chi connectivity index (χ0) is 22.1. The second-order valence-electron chi connectivity index (χ2n) is 8.76. The van der Waals surface area contributed by atoms with Gasteiger partial charge in [-0.15, -0.1) is 0 Å². The number of ether oxygens (including phenoxy) is 2. The summed E-state index contributed by atoms with van der Waals surface area (Å²) in [4.78, 5) is 14.1. The van der Waals surface area contributed by atoms with Crippen LogP contribution in [0.15, 0.2) is 53.6 Å². The van der Waals surface area contributed by atoms with E-state index in [0.717, 1.165) is 50.0 Å². The van der Waals surface area contributed by atoms with Crippen LogP contribution in [-0.2, 0) is 14.9 Å². The van der Waals surface area contributed by atoms with Crippen LogP contribution in [0.4, 0.5) is 10.1 Å². The van der Waals surface area contributed by atoms with Crippen molar-refractivity contribution in [2.45, 2.75) is 36.8 Å². The number of anilines is 1. The van der Waals surface area contributed by atoms with Crippen LogP contribution in [0.2, 0.25) is 0 Å². The molecular weight excluding hydrogens is 409 g/mol. The van der Waals surface area contributed by atoms with E-state index in [-0.39, 0.29) is 18.3 Å². The van der Waals surface area contributed by atoms with E-state index in [4.69, 9.17) is 14.6 Å². The maximum absolute atomic E-state index is 14.1. The van der Waals surface area contributed by atoms with Crippen molar-refractivity contribution in [3.63, 3.8) is 0 Å². The fourth-order valence-corrected chi connectivity index (χ4v) is 5.37. The fraction of sp³-hybridized carbons (Fsp3) is 0.440. The lowest BCUT2D eigenvalue weighted by atomic mass is 9.67. The van der Waals surface area contributed by atoms with E-state index < -0.39 is 5.41 Å². The maximum atomic E-state index is 14.1. The number of carbonyl (C=O) groups is 1. The Morgan fingerprint density at radius 2 is 2.06 bits per heavy atom. The first-order valence-corrected chi connectivity index (χ1v) is 11.2. The van der Waals surface area contributed by atoms with Crippen molar-refractivity contribution in [1.82, 2.24) is 4.90 Å². The maximum Gasteiger partial charge on any atom is 0.144 e. The summed E-state index contributed by atoms with van der Waals surface area (Å²) in [5.74, 6) is 0.287. The van der Waals surface area contributed by atoms with E-state index in [1.165, 1.54) is 12.1 Å². The summed E-state index contributed by atoms with van der Waals surface area (Å²) in [6.45, 7) is 3.29. The third kappa shape index (κ3) is 3.49. The third-order valence-corrected chi connectivity index (χ3v) is 7.04. The molecule has 1 unspecified atom stereocenters. The van der Waals surface area contributed by atoms with E-state index >= 15 is 0 Å². The van der Waals surface area contributed by atoms with Crippen LogP contribution in [0, 0.1) is 5.82 Å². The van der Waals surface area contributed by atoms with E-state index in [1.54, 1.807) is 13.2 Å². The number of halogens is 1. The van der Waals surface area contributed by atoms with Gasteiger partial charge in [0.1, 0.15) is 36.2 Å². The Bertz CT molecular complexity index is 1010. The Morgan fingerprint density at radius 3 is 2.81 bits per heavy atom. The van der Waals surface area contributed by atoms with Crippen LogP contribution < -0.4 is 9.75 Å². The van der Waals surface area contributed by atoms with Gasteiger partial charge in [0.2, 0.25) is 0 Å². The van der Waals surface area contributed by atoms with Gasteiger partial charge < -0.3 is 14.3 Å². The lowest BCUT2D eigenvalue weighted by Gasteiger charge is -2.43. The van der Waals surface area contributed by atoms with Crippen molar-refractivity contribution >= 4 is 17.7 Å². The predicted molar refractivity (Wildman–Crippen MR) is 121 cm³/mol. The van der Waals surface area contributed by atoms with Gasteiger partial charge in [0.05, 0.1) is 17.2 Å². The van der Waals surface area contributed by atoms with Gasteiger partial charge in [-0.25, -0.2) is 4.39 Å². The molecule has 7 heteroatoms. The van der Waals surface area contributed by atoms with Crippen molar-refractivity contribution in [3.8, 4) is 5.75 Å². The van der Waals surface area contributed by atoms with Gasteiger partial charge in [-0.1, -0.05) is 30.3 Å². The molecule has 2 aromatic carbocycles. The molecule has 0 bridgehead atoms. The highest BCUT2D eigenvalue weighted by atomic mass is 19.1. The SMILES string of the molecule is COC1CN(CCC[C@@]2(c3ccccc3)C(CC=O)=NN3c4cc(F)ccc4OCC32)C1. The first-order chi connectivity index (χ1) is 15.7. The molecule has 0 aliphatic carbocycles. The molecule has 1 fully saturated rings. The average Bonchev–Trinajstić information content (AvgIpc) is 3.10. The number of benzene rings is 2. The van der Waals surface area contributed by atoms with Crippen LogP contribution in [0.3, 0.4) is 0 Å². The number of hydrazone groups is 1. The second kappa shape index (κ2) is 8.64. The van der Waals surface area contributed by atoms with E-state index in [0.29, 0.717) is 24.1 Å². The van der Waals surface area contributed by atoms with Gasteiger partial charge in [0, 0.05) is 32.7 Å². The number of fused-ring (bicyclic) bond motifs is 3. The number of aldehydes is 1. The van der Waals surface area contributed by atoms with Crippen molar-refractivity contribution < 1.29 is 18.7 Å². The van der Waals surface area contributed by atoms with Crippen LogP contribution >= 0.6 is 0 Å². The van der Waals surface area contributed by atoms with E-state index in [1.807, 2.05) is 23.2 Å². The zero-order valence-electron chi connectivity index (χ0n) is 18.2. The molecule has 0 spiro atoms. The minimum atomic E-state index is -0.475. The molecule has 3 aliphatic rings. The summed E-state index contributed by atoms with van der Waals surface area (Å²) >= 11 is 0. The van der Waals surface area contributed by atoms with Crippen molar-refractivity contribution in [2.75, 3.05) is 38.4 Å². The van der Waals surface area contributed by atoms with Gasteiger partial charge >= 0.3 is 0 Å². The highest BCUT2D eigenvalue weighted by molar-refractivity contribution is 6.05. The highest BCUT2D eigenvalue weighted by Crippen LogP contribution is 2.48. The molecule has 3 heterocycles.